The van der Waals surface area contributed by atoms with Gasteiger partial charge in [-0.3, -0.25) is 14.4 Å². The fourth-order valence-electron chi connectivity index (χ4n) is 8.84. The van der Waals surface area contributed by atoms with E-state index in [9.17, 15) is 14.4 Å². The van der Waals surface area contributed by atoms with Crippen LogP contribution in [0.4, 0.5) is 0 Å². The largest absolute Gasteiger partial charge is 0.462 e. The molecule has 0 radical (unpaired) electrons. The molecule has 0 aromatic carbocycles. The quantitative estimate of drug-likeness (QED) is 0.0261. The fraction of sp³-hybridized carbons (Fsp3) is 0.681. The van der Waals surface area contributed by atoms with Crippen LogP contribution < -0.4 is 0 Å². The van der Waals surface area contributed by atoms with Crippen molar-refractivity contribution in [2.24, 2.45) is 0 Å². The van der Waals surface area contributed by atoms with Crippen molar-refractivity contribution in [1.29, 1.82) is 0 Å². The van der Waals surface area contributed by atoms with Crippen LogP contribution >= 0.6 is 0 Å². The van der Waals surface area contributed by atoms with Crippen LogP contribution in [0.2, 0.25) is 0 Å². The highest BCUT2D eigenvalue weighted by Gasteiger charge is 2.19. The molecule has 0 rings (SSSR count). The van der Waals surface area contributed by atoms with Crippen molar-refractivity contribution in [3.8, 4) is 0 Å². The Balaban J connectivity index is 4.30. The number of rotatable bonds is 58. The van der Waals surface area contributed by atoms with Gasteiger partial charge in [-0.15, -0.1) is 0 Å². The number of carbonyl (C=O) groups is 3. The van der Waals surface area contributed by atoms with Crippen molar-refractivity contribution in [2.45, 2.75) is 303 Å². The molecule has 78 heavy (non-hydrogen) atoms. The standard InChI is InChI=1S/C72H120O6/c1-4-7-10-13-16-19-22-25-27-28-29-30-31-32-33-34-35-36-37-38-39-40-41-42-43-44-46-47-50-53-56-59-62-65-71(74)77-68-69(67-76-70(73)64-61-58-55-52-49-24-21-18-15-12-9-6-3)78-72(75)66-63-60-57-54-51-48-45-26-23-20-17-14-11-8-5-2/h7,10,16,19,25-27,29-30,32-33,35-36,38-39,41-42,44-46,69H,4-6,8-9,11-15,17-18,20-24,28,31,34,37,40,43,47-68H2,1-3H3/b10-7-,19-16-,27-25-,30-29-,33-32-,36-35-,39-38-,42-41-,45-26-,46-44-. The van der Waals surface area contributed by atoms with Gasteiger partial charge < -0.3 is 14.2 Å². The molecule has 0 N–H and O–H groups in total. The summed E-state index contributed by atoms with van der Waals surface area (Å²) in [5.74, 6) is -0.910. The Morgan fingerprint density at radius 1 is 0.269 bits per heavy atom. The van der Waals surface area contributed by atoms with Crippen LogP contribution in [0.3, 0.4) is 0 Å². The zero-order valence-corrected chi connectivity index (χ0v) is 50.9. The Labute approximate surface area is 482 Å². The average molecular weight is 1080 g/mol. The summed E-state index contributed by atoms with van der Waals surface area (Å²) in [4.78, 5) is 38.2. The molecule has 6 heteroatoms. The van der Waals surface area contributed by atoms with E-state index in [0.29, 0.717) is 19.3 Å². The first-order chi connectivity index (χ1) is 38.5. The van der Waals surface area contributed by atoms with Crippen molar-refractivity contribution < 1.29 is 28.6 Å². The summed E-state index contributed by atoms with van der Waals surface area (Å²) in [5, 5.41) is 0. The molecule has 6 nitrogen and oxygen atoms in total. The molecule has 0 aliphatic heterocycles. The molecule has 0 saturated heterocycles. The van der Waals surface area contributed by atoms with E-state index in [1.165, 1.54) is 109 Å². The van der Waals surface area contributed by atoms with Crippen molar-refractivity contribution in [2.75, 3.05) is 13.2 Å². The number of carbonyl (C=O) groups excluding carboxylic acids is 3. The maximum absolute atomic E-state index is 12.9. The number of esters is 3. The van der Waals surface area contributed by atoms with Crippen molar-refractivity contribution in [1.82, 2.24) is 0 Å². The Morgan fingerprint density at radius 2 is 0.500 bits per heavy atom. The van der Waals surface area contributed by atoms with Crippen LogP contribution in [-0.4, -0.2) is 37.2 Å². The summed E-state index contributed by atoms with van der Waals surface area (Å²) in [7, 11) is 0. The highest BCUT2D eigenvalue weighted by molar-refractivity contribution is 5.71. The van der Waals surface area contributed by atoms with E-state index in [4.69, 9.17) is 14.2 Å². The lowest BCUT2D eigenvalue weighted by molar-refractivity contribution is -0.167. The molecule has 0 bridgehead atoms. The number of allylic oxidation sites excluding steroid dienone is 20. The molecule has 0 fully saturated rings. The fourth-order valence-corrected chi connectivity index (χ4v) is 8.84. The zero-order valence-electron chi connectivity index (χ0n) is 50.9. The van der Waals surface area contributed by atoms with E-state index < -0.39 is 6.10 Å². The maximum Gasteiger partial charge on any atom is 0.306 e. The second-order valence-corrected chi connectivity index (χ2v) is 21.3. The molecule has 0 heterocycles. The Hall–Kier alpha value is -4.19. The SMILES string of the molecule is CC/C=C\C/C=C\C/C=C\C/C=C\C/C=C\C/C=C\C/C=C\C/C=C\C/C=C\CCCCCCCC(=O)OCC(COC(=O)CCCCCCCCCCCCCC)OC(=O)CCCCCCC/C=C\CCCCCCCC. The van der Waals surface area contributed by atoms with E-state index in [0.717, 1.165) is 148 Å². The lowest BCUT2D eigenvalue weighted by Gasteiger charge is -2.18. The smallest absolute Gasteiger partial charge is 0.306 e. The second kappa shape index (κ2) is 65.3. The van der Waals surface area contributed by atoms with Crippen molar-refractivity contribution in [3.63, 3.8) is 0 Å². The Kier molecular flexibility index (Phi) is 61.8. The number of hydrogen-bond donors (Lipinski definition) is 0. The minimum atomic E-state index is -0.791. The van der Waals surface area contributed by atoms with Crippen molar-refractivity contribution in [3.05, 3.63) is 122 Å². The van der Waals surface area contributed by atoms with Gasteiger partial charge in [-0.2, -0.15) is 0 Å². The van der Waals surface area contributed by atoms with Crippen LogP contribution in [0, 0.1) is 0 Å². The first kappa shape index (κ1) is 73.8. The molecule has 0 amide bonds. The van der Waals surface area contributed by atoms with Crippen LogP contribution in [0.15, 0.2) is 122 Å². The van der Waals surface area contributed by atoms with Gasteiger partial charge in [-0.25, -0.2) is 0 Å². The number of hydrogen-bond acceptors (Lipinski definition) is 6. The zero-order chi connectivity index (χ0) is 56.4. The third kappa shape index (κ3) is 62.7. The van der Waals surface area contributed by atoms with Crippen LogP contribution in [0.25, 0.3) is 0 Å². The molecule has 0 aliphatic rings. The minimum absolute atomic E-state index is 0.0864. The van der Waals surface area contributed by atoms with E-state index in [2.05, 4.69) is 142 Å². The van der Waals surface area contributed by atoms with Crippen LogP contribution in [-0.2, 0) is 28.6 Å². The van der Waals surface area contributed by atoms with Gasteiger partial charge in [0.2, 0.25) is 0 Å². The summed E-state index contributed by atoms with van der Waals surface area (Å²) in [6.07, 6.45) is 90.6. The summed E-state index contributed by atoms with van der Waals surface area (Å²) in [5.41, 5.74) is 0. The summed E-state index contributed by atoms with van der Waals surface area (Å²) >= 11 is 0. The molecular formula is C72H120O6. The van der Waals surface area contributed by atoms with Gasteiger partial charge in [0.25, 0.3) is 0 Å². The highest BCUT2D eigenvalue weighted by Crippen LogP contribution is 2.15. The van der Waals surface area contributed by atoms with Gasteiger partial charge in [0.05, 0.1) is 0 Å². The van der Waals surface area contributed by atoms with Gasteiger partial charge >= 0.3 is 17.9 Å². The average Bonchev–Trinajstić information content (AvgIpc) is 3.44. The number of ether oxygens (including phenoxy) is 3. The molecule has 444 valence electrons. The van der Waals surface area contributed by atoms with Crippen molar-refractivity contribution >= 4 is 17.9 Å². The predicted octanol–water partition coefficient (Wildman–Crippen LogP) is 22.4. The lowest BCUT2D eigenvalue weighted by atomic mass is 10.0. The monoisotopic (exact) mass is 1080 g/mol. The number of unbranched alkanes of at least 4 members (excludes halogenated alkanes) is 27. The third-order valence-electron chi connectivity index (χ3n) is 13.7. The summed E-state index contributed by atoms with van der Waals surface area (Å²) in [6, 6.07) is 0. The maximum atomic E-state index is 12.9. The molecular weight excluding hydrogens is 961 g/mol. The van der Waals surface area contributed by atoms with Gasteiger partial charge in [-0.05, 0) is 116 Å². The van der Waals surface area contributed by atoms with Gasteiger partial charge in [-0.1, -0.05) is 284 Å². The van der Waals surface area contributed by atoms with Crippen LogP contribution in [0.5, 0.6) is 0 Å². The van der Waals surface area contributed by atoms with E-state index in [1.54, 1.807) is 0 Å². The second-order valence-electron chi connectivity index (χ2n) is 21.3. The Morgan fingerprint density at radius 3 is 0.795 bits per heavy atom. The molecule has 0 spiro atoms. The molecule has 0 aliphatic carbocycles. The molecule has 1 atom stereocenters. The molecule has 1 unspecified atom stereocenters. The first-order valence-electron chi connectivity index (χ1n) is 32.5. The van der Waals surface area contributed by atoms with Gasteiger partial charge in [0.1, 0.15) is 13.2 Å². The van der Waals surface area contributed by atoms with Gasteiger partial charge in [0.15, 0.2) is 6.10 Å². The van der Waals surface area contributed by atoms with E-state index in [1.807, 2.05) is 0 Å². The normalized spacial score (nSPS) is 12.9. The summed E-state index contributed by atoms with van der Waals surface area (Å²) in [6.45, 7) is 6.51. The lowest BCUT2D eigenvalue weighted by Crippen LogP contribution is -2.30. The topological polar surface area (TPSA) is 78.9 Å². The molecule has 0 aromatic heterocycles. The summed E-state index contributed by atoms with van der Waals surface area (Å²) < 4.78 is 16.9. The molecule has 0 aromatic rings. The Bertz CT molecular complexity index is 1620. The first-order valence-corrected chi connectivity index (χ1v) is 32.5. The van der Waals surface area contributed by atoms with E-state index in [-0.39, 0.29) is 31.1 Å². The van der Waals surface area contributed by atoms with Crippen LogP contribution in [0.1, 0.15) is 297 Å². The molecule has 0 saturated carbocycles. The van der Waals surface area contributed by atoms with Gasteiger partial charge in [0, 0.05) is 19.3 Å². The van der Waals surface area contributed by atoms with E-state index >= 15 is 0 Å². The minimum Gasteiger partial charge on any atom is -0.462 e. The third-order valence-corrected chi connectivity index (χ3v) is 13.7. The highest BCUT2D eigenvalue weighted by atomic mass is 16.6. The predicted molar refractivity (Wildman–Crippen MR) is 339 cm³/mol.